The molecule has 1 N–H and O–H groups in total. The monoisotopic (exact) mass is 535 g/mol. The van der Waals surface area contributed by atoms with E-state index in [-0.39, 0.29) is 11.3 Å². The van der Waals surface area contributed by atoms with Crippen LogP contribution in [0, 0.1) is 0 Å². The molecule has 1 amide bonds. The van der Waals surface area contributed by atoms with Gasteiger partial charge in [-0.25, -0.2) is 0 Å². The molecule has 7 heteroatoms. The van der Waals surface area contributed by atoms with Gasteiger partial charge < -0.3 is 19.5 Å². The molecule has 1 unspecified atom stereocenters. The van der Waals surface area contributed by atoms with Gasteiger partial charge in [0.25, 0.3) is 11.7 Å². The Morgan fingerprint density at radius 1 is 1.00 bits per heavy atom. The Bertz CT molecular complexity index is 1220. The van der Waals surface area contributed by atoms with E-state index in [1.54, 1.807) is 31.4 Å². The van der Waals surface area contributed by atoms with Gasteiger partial charge in [-0.05, 0) is 41.8 Å². The Morgan fingerprint density at radius 2 is 1.74 bits per heavy atom. The van der Waals surface area contributed by atoms with Crippen molar-refractivity contribution in [2.45, 2.75) is 19.1 Å². The minimum absolute atomic E-state index is 0.0648. The van der Waals surface area contributed by atoms with E-state index in [9.17, 15) is 14.7 Å². The zero-order valence-electron chi connectivity index (χ0n) is 19.3. The maximum absolute atomic E-state index is 13.1. The number of Topliss-reactive ketones (excluding diaryl/α,β-unsaturated/α-hetero) is 1. The molecule has 1 saturated heterocycles. The molecule has 0 saturated carbocycles. The average molecular weight is 536 g/mol. The average Bonchev–Trinajstić information content (AvgIpc) is 3.13. The van der Waals surface area contributed by atoms with Crippen LogP contribution in [0.15, 0.2) is 88.9 Å². The Hall–Kier alpha value is -3.42. The third kappa shape index (κ3) is 5.63. The summed E-state index contributed by atoms with van der Waals surface area (Å²) in [4.78, 5) is 27.7. The van der Waals surface area contributed by atoms with Gasteiger partial charge in [0.1, 0.15) is 18.1 Å². The highest BCUT2D eigenvalue weighted by molar-refractivity contribution is 9.10. The summed E-state index contributed by atoms with van der Waals surface area (Å²) in [5, 5.41) is 11.2. The Morgan fingerprint density at radius 3 is 2.46 bits per heavy atom. The lowest BCUT2D eigenvalue weighted by atomic mass is 9.95. The van der Waals surface area contributed by atoms with Gasteiger partial charge in [-0.2, -0.15) is 0 Å². The van der Waals surface area contributed by atoms with Crippen molar-refractivity contribution < 1.29 is 24.2 Å². The molecule has 0 aromatic heterocycles. The number of aliphatic hydroxyl groups excluding tert-OH is 1. The first kappa shape index (κ1) is 24.7. The van der Waals surface area contributed by atoms with Crippen molar-refractivity contribution in [1.82, 2.24) is 4.90 Å². The highest BCUT2D eigenvalue weighted by atomic mass is 79.9. The van der Waals surface area contributed by atoms with Crippen molar-refractivity contribution in [3.8, 4) is 5.75 Å². The van der Waals surface area contributed by atoms with E-state index in [4.69, 9.17) is 9.47 Å². The van der Waals surface area contributed by atoms with E-state index in [2.05, 4.69) is 15.9 Å². The van der Waals surface area contributed by atoms with Gasteiger partial charge in [-0.3, -0.25) is 9.59 Å². The quantitative estimate of drug-likeness (QED) is 0.170. The lowest BCUT2D eigenvalue weighted by molar-refractivity contribution is -0.140. The number of hydrogen-bond acceptors (Lipinski definition) is 5. The predicted octanol–water partition coefficient (Wildman–Crippen LogP) is 5.49. The smallest absolute Gasteiger partial charge is 0.295 e. The minimum atomic E-state index is -0.740. The molecule has 35 heavy (non-hydrogen) atoms. The number of methoxy groups -OCH3 is 1. The summed E-state index contributed by atoms with van der Waals surface area (Å²) >= 11 is 3.38. The maximum Gasteiger partial charge on any atom is 0.295 e. The molecule has 0 spiro atoms. The number of amides is 1. The fourth-order valence-electron chi connectivity index (χ4n) is 4.12. The molecule has 1 fully saturated rings. The summed E-state index contributed by atoms with van der Waals surface area (Å²) in [6, 6.07) is 23.3. The molecule has 0 aliphatic carbocycles. The molecule has 4 rings (SSSR count). The maximum atomic E-state index is 13.1. The number of nitrogens with zero attached hydrogens (tertiary/aromatic N) is 1. The molecule has 0 bridgehead atoms. The van der Waals surface area contributed by atoms with Crippen molar-refractivity contribution in [3.63, 3.8) is 0 Å². The van der Waals surface area contributed by atoms with E-state index in [1.165, 1.54) is 4.90 Å². The lowest BCUT2D eigenvalue weighted by Gasteiger charge is -2.25. The molecule has 1 aliphatic heterocycles. The number of benzene rings is 3. The topological polar surface area (TPSA) is 76.1 Å². The zero-order valence-corrected chi connectivity index (χ0v) is 20.9. The number of halogens is 1. The number of carbonyl (C=O) groups is 2. The lowest BCUT2D eigenvalue weighted by Crippen LogP contribution is -2.31. The molecule has 1 aliphatic rings. The first-order chi connectivity index (χ1) is 17.0. The predicted molar refractivity (Wildman–Crippen MR) is 137 cm³/mol. The van der Waals surface area contributed by atoms with Crippen molar-refractivity contribution >= 4 is 33.4 Å². The van der Waals surface area contributed by atoms with Crippen LogP contribution in [0.1, 0.15) is 29.2 Å². The number of ketones is 1. The minimum Gasteiger partial charge on any atom is -0.507 e. The van der Waals surface area contributed by atoms with E-state index in [0.29, 0.717) is 43.1 Å². The summed E-state index contributed by atoms with van der Waals surface area (Å²) in [5.74, 6) is -0.938. The number of rotatable bonds is 9. The van der Waals surface area contributed by atoms with E-state index < -0.39 is 17.7 Å². The standard InChI is InChI=1S/C28H26BrNO5/c1-34-16-6-15-30-25(21-9-5-10-23(17-21)35-18-19-7-3-2-4-8-19)24(27(32)28(30)33)26(31)20-11-13-22(29)14-12-20/h2-5,7-14,17,25,31H,6,15-16,18H2,1H3/b26-24-. The highest BCUT2D eigenvalue weighted by Crippen LogP contribution is 2.40. The molecule has 3 aromatic rings. The number of carbonyl (C=O) groups excluding carboxylic acids is 2. The summed E-state index contributed by atoms with van der Waals surface area (Å²) in [6.07, 6.45) is 0.558. The molecule has 1 heterocycles. The van der Waals surface area contributed by atoms with E-state index in [0.717, 1.165) is 10.0 Å². The molecule has 1 atom stereocenters. The van der Waals surface area contributed by atoms with Gasteiger partial charge in [0, 0.05) is 30.3 Å². The Balaban J connectivity index is 1.72. The first-order valence-electron chi connectivity index (χ1n) is 11.3. The first-order valence-corrected chi connectivity index (χ1v) is 12.1. The molecule has 0 radical (unpaired) electrons. The van der Waals surface area contributed by atoms with Gasteiger partial charge >= 0.3 is 0 Å². The number of likely N-dealkylation sites (tertiary alicyclic amines) is 1. The van der Waals surface area contributed by atoms with Crippen molar-refractivity contribution in [2.24, 2.45) is 0 Å². The van der Waals surface area contributed by atoms with Crippen LogP contribution >= 0.6 is 15.9 Å². The highest BCUT2D eigenvalue weighted by Gasteiger charge is 2.45. The van der Waals surface area contributed by atoms with E-state index >= 15 is 0 Å². The molecular formula is C28H26BrNO5. The third-order valence-corrected chi connectivity index (χ3v) is 6.36. The van der Waals surface area contributed by atoms with Gasteiger partial charge in [0.05, 0.1) is 11.6 Å². The van der Waals surface area contributed by atoms with Crippen molar-refractivity contribution in [1.29, 1.82) is 0 Å². The third-order valence-electron chi connectivity index (χ3n) is 5.83. The molecule has 3 aromatic carbocycles. The SMILES string of the molecule is COCCCN1C(=O)C(=O)/C(=C(\O)c2ccc(Br)cc2)C1c1cccc(OCc2ccccc2)c1. The summed E-state index contributed by atoms with van der Waals surface area (Å²) in [5.41, 5.74) is 2.24. The summed E-state index contributed by atoms with van der Waals surface area (Å²) in [7, 11) is 1.59. The Kier molecular flexibility index (Phi) is 8.00. The fourth-order valence-corrected chi connectivity index (χ4v) is 4.38. The van der Waals surface area contributed by atoms with Crippen LogP contribution in [0.5, 0.6) is 5.75 Å². The zero-order chi connectivity index (χ0) is 24.8. The van der Waals surface area contributed by atoms with Gasteiger partial charge in [0.2, 0.25) is 0 Å². The van der Waals surface area contributed by atoms with Crippen LogP contribution in [0.3, 0.4) is 0 Å². The number of ether oxygens (including phenoxy) is 2. The molecule has 180 valence electrons. The van der Waals surface area contributed by atoms with Crippen LogP contribution < -0.4 is 4.74 Å². The van der Waals surface area contributed by atoms with Crippen LogP contribution in [-0.2, 0) is 20.9 Å². The Labute approximate surface area is 212 Å². The van der Waals surface area contributed by atoms with Crippen LogP contribution in [0.4, 0.5) is 0 Å². The second-order valence-corrected chi connectivity index (χ2v) is 9.11. The van der Waals surface area contributed by atoms with Gasteiger partial charge in [0.15, 0.2) is 0 Å². The van der Waals surface area contributed by atoms with Gasteiger partial charge in [-0.15, -0.1) is 0 Å². The van der Waals surface area contributed by atoms with Crippen LogP contribution in [-0.4, -0.2) is 42.0 Å². The number of aliphatic hydroxyl groups is 1. The normalized spacial score (nSPS) is 17.1. The second kappa shape index (κ2) is 11.3. The van der Waals surface area contributed by atoms with Crippen molar-refractivity contribution in [2.75, 3.05) is 20.3 Å². The molecule has 6 nitrogen and oxygen atoms in total. The van der Waals surface area contributed by atoms with E-state index in [1.807, 2.05) is 54.6 Å². The second-order valence-electron chi connectivity index (χ2n) is 8.19. The summed E-state index contributed by atoms with van der Waals surface area (Å²) in [6.45, 7) is 1.15. The molecular weight excluding hydrogens is 510 g/mol. The summed E-state index contributed by atoms with van der Waals surface area (Å²) < 4.78 is 12.0. The van der Waals surface area contributed by atoms with Crippen molar-refractivity contribution in [3.05, 3.63) is 106 Å². The largest absolute Gasteiger partial charge is 0.507 e. The fraction of sp³-hybridized carbons (Fsp3) is 0.214. The number of hydrogen-bond donors (Lipinski definition) is 1. The van der Waals surface area contributed by atoms with Crippen LogP contribution in [0.2, 0.25) is 0 Å². The van der Waals surface area contributed by atoms with Crippen LogP contribution in [0.25, 0.3) is 5.76 Å². The van der Waals surface area contributed by atoms with Gasteiger partial charge in [-0.1, -0.05) is 70.5 Å².